The lowest BCUT2D eigenvalue weighted by Gasteiger charge is -2.66. The second kappa shape index (κ2) is 10.7. The predicted octanol–water partition coefficient (Wildman–Crippen LogP) is 4.07. The molecule has 0 aliphatic heterocycles. The van der Waals surface area contributed by atoms with Crippen LogP contribution in [0, 0.1) is 39.9 Å². The maximum atomic E-state index is 14.7. The van der Waals surface area contributed by atoms with Crippen LogP contribution in [-0.4, -0.2) is 41.7 Å². The molecule has 0 aromatic heterocycles. The number of carboxylic acids is 1. The molecular weight excluding hydrogens is 524 g/mol. The first-order valence-corrected chi connectivity index (χ1v) is 14.7. The Kier molecular flexibility index (Phi) is 8.04. The second-order valence-electron chi connectivity index (χ2n) is 13.5. The van der Waals surface area contributed by atoms with Gasteiger partial charge in [-0.2, -0.15) is 0 Å². The first-order chi connectivity index (χ1) is 19.0. The van der Waals surface area contributed by atoms with Crippen LogP contribution in [0.25, 0.3) is 0 Å². The molecule has 0 amide bonds. The third kappa shape index (κ3) is 4.71. The van der Waals surface area contributed by atoms with Crippen LogP contribution in [0.3, 0.4) is 0 Å². The monoisotopic (exact) mass is 567 g/mol. The summed E-state index contributed by atoms with van der Waals surface area (Å²) < 4.78 is 11.6. The first-order valence-electron chi connectivity index (χ1n) is 14.7. The summed E-state index contributed by atoms with van der Waals surface area (Å²) in [6, 6.07) is 0. The Labute approximate surface area is 242 Å². The lowest BCUT2D eigenvalue weighted by molar-refractivity contribution is -0.299. The number of Topliss-reactive ketones (excluding diaryl/α,β-unsaturated/α-hetero) is 1. The molecule has 0 aromatic rings. The summed E-state index contributed by atoms with van der Waals surface area (Å²) in [5.41, 5.74) is -0.780. The summed E-state index contributed by atoms with van der Waals surface area (Å²) in [6.45, 7) is 14.2. The van der Waals surface area contributed by atoms with E-state index < -0.39 is 58.2 Å². The molecule has 4 rings (SSSR count). The van der Waals surface area contributed by atoms with Gasteiger partial charge in [0, 0.05) is 31.1 Å². The van der Waals surface area contributed by atoms with Gasteiger partial charge in [-0.3, -0.25) is 19.2 Å². The average Bonchev–Trinajstić information content (AvgIpc) is 3.14. The molecule has 0 aromatic carbocycles. The number of allylic oxidation sites excluding steroid dienone is 4. The van der Waals surface area contributed by atoms with Gasteiger partial charge in [-0.1, -0.05) is 45.4 Å². The van der Waals surface area contributed by atoms with Gasteiger partial charge in [0.2, 0.25) is 0 Å². The van der Waals surface area contributed by atoms with Crippen LogP contribution in [0.4, 0.5) is 0 Å². The Morgan fingerprint density at radius 1 is 1.02 bits per heavy atom. The molecule has 8 heteroatoms. The number of hydrogen-bond acceptors (Lipinski definition) is 8. The highest BCUT2D eigenvalue weighted by molar-refractivity contribution is 5.98. The number of carboxylic acid groups (broad SMARTS) is 1. The van der Waals surface area contributed by atoms with Crippen LogP contribution >= 0.6 is 0 Å². The Balaban J connectivity index is 1.93. The van der Waals surface area contributed by atoms with E-state index in [4.69, 9.17) is 9.47 Å². The molecule has 0 N–H and O–H groups in total. The van der Waals surface area contributed by atoms with Crippen molar-refractivity contribution in [3.8, 4) is 0 Å². The van der Waals surface area contributed by atoms with Gasteiger partial charge in [-0.25, -0.2) is 0 Å². The zero-order chi connectivity index (χ0) is 30.7. The SMILES string of the molecule is CC(=O)O[C@H]1C[C@@]2(C)[C@@H](CC[C@H]3[C@@]4(C)C=CC(=O)[C@@H](C)[C@@H]4[C@H](OC(C)=O)C(=O)[C@@]32C)/C1=C(\CCC=C(C)C)C(=O)[O-]. The highest BCUT2D eigenvalue weighted by atomic mass is 16.5. The molecular formula is C33H43O8-. The summed E-state index contributed by atoms with van der Waals surface area (Å²) in [5, 5.41) is 12.6. The topological polar surface area (TPSA) is 127 Å². The zero-order valence-electron chi connectivity index (χ0n) is 25.5. The third-order valence-electron chi connectivity index (χ3n) is 11.0. The molecule has 0 radical (unpaired) electrons. The number of hydrogen-bond donors (Lipinski definition) is 0. The van der Waals surface area contributed by atoms with E-state index in [2.05, 4.69) is 0 Å². The van der Waals surface area contributed by atoms with Crippen molar-refractivity contribution in [2.45, 2.75) is 99.7 Å². The summed E-state index contributed by atoms with van der Waals surface area (Å²) in [5.74, 6) is -4.36. The minimum Gasteiger partial charge on any atom is -0.545 e. The van der Waals surface area contributed by atoms with Gasteiger partial charge in [0.1, 0.15) is 6.10 Å². The Bertz CT molecular complexity index is 1270. The average molecular weight is 568 g/mol. The highest BCUT2D eigenvalue weighted by Crippen LogP contribution is 2.73. The molecule has 9 atom stereocenters. The molecule has 3 saturated carbocycles. The lowest BCUT2D eigenvalue weighted by atomic mass is 9.37. The minimum atomic E-state index is -1.29. The number of ketones is 2. The fraction of sp³-hybridized carbons (Fsp3) is 0.667. The first kappa shape index (κ1) is 30.9. The van der Waals surface area contributed by atoms with E-state index in [0.717, 1.165) is 5.57 Å². The van der Waals surface area contributed by atoms with E-state index in [0.29, 0.717) is 24.8 Å². The Morgan fingerprint density at radius 2 is 1.66 bits per heavy atom. The van der Waals surface area contributed by atoms with Crippen LogP contribution in [0.5, 0.6) is 0 Å². The van der Waals surface area contributed by atoms with Crippen molar-refractivity contribution < 1.29 is 38.6 Å². The quantitative estimate of drug-likeness (QED) is 0.267. The third-order valence-corrected chi connectivity index (χ3v) is 11.0. The summed E-state index contributed by atoms with van der Waals surface area (Å²) >= 11 is 0. The van der Waals surface area contributed by atoms with Crippen LogP contribution in [0.1, 0.15) is 87.5 Å². The van der Waals surface area contributed by atoms with Gasteiger partial charge in [-0.15, -0.1) is 0 Å². The van der Waals surface area contributed by atoms with Crippen molar-refractivity contribution in [1.29, 1.82) is 0 Å². The maximum absolute atomic E-state index is 14.7. The number of fused-ring (bicyclic) bond motifs is 5. The van der Waals surface area contributed by atoms with Crippen LogP contribution < -0.4 is 5.11 Å². The van der Waals surface area contributed by atoms with E-state index >= 15 is 0 Å². The Hall–Kier alpha value is -3.03. The molecule has 3 fully saturated rings. The molecule has 0 spiro atoms. The van der Waals surface area contributed by atoms with Crippen LogP contribution in [0.2, 0.25) is 0 Å². The van der Waals surface area contributed by atoms with Crippen molar-refractivity contribution in [1.82, 2.24) is 0 Å². The smallest absolute Gasteiger partial charge is 0.303 e. The van der Waals surface area contributed by atoms with Crippen molar-refractivity contribution in [2.24, 2.45) is 39.9 Å². The Morgan fingerprint density at radius 3 is 2.22 bits per heavy atom. The van der Waals surface area contributed by atoms with Crippen molar-refractivity contribution in [3.63, 3.8) is 0 Å². The fourth-order valence-corrected chi connectivity index (χ4v) is 9.18. The number of carbonyl (C=O) groups is 5. The van der Waals surface area contributed by atoms with Gasteiger partial charge < -0.3 is 19.4 Å². The standard InChI is InChI=1S/C33H44O8/c1-17(2)10-9-11-21(30(38)39)26-22-12-13-25-31(6)15-14-23(36)18(3)27(31)28(41-20(5)35)29(37)33(25,8)32(22,7)16-24(26)40-19(4)34/h10,14-15,18,22,24-25,27-28H,9,11-13,16H2,1-8H3,(H,38,39)/p-1/b26-21-/t18-,22+,24+,25+,27-,28+,31-,32+,33-/m1/s1. The molecule has 0 saturated heterocycles. The molecule has 224 valence electrons. The molecule has 0 heterocycles. The minimum absolute atomic E-state index is 0.100. The molecule has 0 bridgehead atoms. The van der Waals surface area contributed by atoms with Crippen LogP contribution in [0.15, 0.2) is 34.9 Å². The number of esters is 2. The van der Waals surface area contributed by atoms with E-state index in [1.165, 1.54) is 13.8 Å². The van der Waals surface area contributed by atoms with Crippen LogP contribution in [-0.2, 0) is 33.4 Å². The summed E-state index contributed by atoms with van der Waals surface area (Å²) in [6.07, 6.45) is 5.68. The largest absolute Gasteiger partial charge is 0.545 e. The predicted molar refractivity (Wildman–Crippen MR) is 149 cm³/mol. The maximum Gasteiger partial charge on any atom is 0.303 e. The molecule has 4 aliphatic rings. The molecule has 41 heavy (non-hydrogen) atoms. The number of rotatable bonds is 6. The molecule has 8 nitrogen and oxygen atoms in total. The number of carbonyl (C=O) groups excluding carboxylic acids is 5. The zero-order valence-corrected chi connectivity index (χ0v) is 25.5. The lowest BCUT2D eigenvalue weighted by Crippen LogP contribution is -2.69. The van der Waals surface area contributed by atoms with E-state index in [1.807, 2.05) is 46.8 Å². The molecule has 0 unspecified atom stereocenters. The normalized spacial score (nSPS) is 40.6. The number of ether oxygens (including phenoxy) is 2. The van der Waals surface area contributed by atoms with Gasteiger partial charge in [0.15, 0.2) is 17.7 Å². The summed E-state index contributed by atoms with van der Waals surface area (Å²) in [4.78, 5) is 64.7. The number of aliphatic carboxylic acids is 1. The van der Waals surface area contributed by atoms with Gasteiger partial charge >= 0.3 is 11.9 Å². The fourth-order valence-electron chi connectivity index (χ4n) is 9.18. The second-order valence-corrected chi connectivity index (χ2v) is 13.5. The molecule has 4 aliphatic carbocycles. The van der Waals surface area contributed by atoms with E-state index in [1.54, 1.807) is 13.0 Å². The van der Waals surface area contributed by atoms with E-state index in [9.17, 15) is 29.1 Å². The van der Waals surface area contributed by atoms with Crippen molar-refractivity contribution >= 4 is 29.5 Å². The summed E-state index contributed by atoms with van der Waals surface area (Å²) in [7, 11) is 0. The van der Waals surface area contributed by atoms with Crippen molar-refractivity contribution in [3.05, 3.63) is 34.9 Å². The van der Waals surface area contributed by atoms with Crippen molar-refractivity contribution in [2.75, 3.05) is 0 Å². The van der Waals surface area contributed by atoms with Gasteiger partial charge in [-0.05, 0) is 85.8 Å². The highest BCUT2D eigenvalue weighted by Gasteiger charge is 2.74. The van der Waals surface area contributed by atoms with Gasteiger partial charge in [0.05, 0.1) is 5.97 Å². The van der Waals surface area contributed by atoms with E-state index in [-0.39, 0.29) is 41.8 Å². The van der Waals surface area contributed by atoms with Gasteiger partial charge in [0.25, 0.3) is 0 Å².